The highest BCUT2D eigenvalue weighted by molar-refractivity contribution is 8.14. The predicted molar refractivity (Wildman–Crippen MR) is 69.9 cm³/mol. The predicted octanol–water partition coefficient (Wildman–Crippen LogP) is 1.32. The summed E-state index contributed by atoms with van der Waals surface area (Å²) in [6.07, 6.45) is 1.10. The van der Waals surface area contributed by atoms with Crippen molar-refractivity contribution in [3.05, 3.63) is 0 Å². The molecule has 0 fully saturated rings. The van der Waals surface area contributed by atoms with Gasteiger partial charge in [-0.25, -0.2) is 0 Å². The number of amidine groups is 1. The van der Waals surface area contributed by atoms with Crippen molar-refractivity contribution >= 4 is 22.8 Å². The van der Waals surface area contributed by atoms with Gasteiger partial charge in [-0.1, -0.05) is 18.7 Å². The minimum absolute atomic E-state index is 0.0779. The molecule has 0 radical (unpaired) electrons. The van der Waals surface area contributed by atoms with Crippen LogP contribution in [0.2, 0.25) is 0 Å². The van der Waals surface area contributed by atoms with E-state index in [0.29, 0.717) is 11.3 Å². The van der Waals surface area contributed by atoms with E-state index in [1.165, 1.54) is 0 Å². The second-order valence-electron chi connectivity index (χ2n) is 4.55. The summed E-state index contributed by atoms with van der Waals surface area (Å²) in [5.74, 6) is 0.0779. The van der Waals surface area contributed by atoms with Crippen LogP contribution >= 0.6 is 11.8 Å². The van der Waals surface area contributed by atoms with Gasteiger partial charge in [0, 0.05) is 19.3 Å². The van der Waals surface area contributed by atoms with Gasteiger partial charge < -0.3 is 10.2 Å². The van der Waals surface area contributed by atoms with E-state index in [1.807, 2.05) is 6.92 Å². The van der Waals surface area contributed by atoms with Crippen molar-refractivity contribution in [1.29, 1.82) is 0 Å². The Hall–Kier alpha value is -0.710. The monoisotopic (exact) mass is 243 g/mol. The first kappa shape index (κ1) is 13.4. The van der Waals surface area contributed by atoms with Crippen molar-refractivity contribution in [2.24, 2.45) is 4.99 Å². The number of hydrogen-bond acceptors (Lipinski definition) is 4. The molecule has 4 nitrogen and oxygen atoms in total. The van der Waals surface area contributed by atoms with Gasteiger partial charge in [0.2, 0.25) is 5.91 Å². The van der Waals surface area contributed by atoms with Crippen LogP contribution in [0.4, 0.5) is 0 Å². The summed E-state index contributed by atoms with van der Waals surface area (Å²) in [5.41, 5.74) is 0. The number of rotatable bonds is 2. The Morgan fingerprint density at radius 1 is 1.56 bits per heavy atom. The zero-order valence-electron chi connectivity index (χ0n) is 10.7. The lowest BCUT2D eigenvalue weighted by Gasteiger charge is -2.26. The van der Waals surface area contributed by atoms with Crippen molar-refractivity contribution in [2.75, 3.05) is 14.1 Å². The van der Waals surface area contributed by atoms with Gasteiger partial charge in [0.1, 0.15) is 6.04 Å². The molecule has 3 atom stereocenters. The van der Waals surface area contributed by atoms with Crippen molar-refractivity contribution in [2.45, 2.75) is 44.5 Å². The first-order chi connectivity index (χ1) is 7.40. The average Bonchev–Trinajstić information content (AvgIpc) is 2.14. The van der Waals surface area contributed by atoms with Crippen molar-refractivity contribution in [3.63, 3.8) is 0 Å². The van der Waals surface area contributed by atoms with E-state index in [2.05, 4.69) is 24.2 Å². The van der Waals surface area contributed by atoms with Gasteiger partial charge in [-0.2, -0.15) is 0 Å². The number of nitrogens with zero attached hydrogens (tertiary/aromatic N) is 2. The van der Waals surface area contributed by atoms with E-state index >= 15 is 0 Å². The van der Waals surface area contributed by atoms with Crippen LogP contribution in [0.5, 0.6) is 0 Å². The molecule has 0 aliphatic carbocycles. The molecule has 0 aromatic carbocycles. The smallest absolute Gasteiger partial charge is 0.244 e. The maximum atomic E-state index is 11.7. The van der Waals surface area contributed by atoms with Crippen LogP contribution < -0.4 is 5.32 Å². The molecule has 5 heteroatoms. The molecule has 0 bridgehead atoms. The number of amides is 1. The highest BCUT2D eigenvalue weighted by atomic mass is 32.2. The maximum Gasteiger partial charge on any atom is 0.244 e. The first-order valence-corrected chi connectivity index (χ1v) is 6.50. The van der Waals surface area contributed by atoms with Crippen molar-refractivity contribution < 1.29 is 4.79 Å². The summed E-state index contributed by atoms with van der Waals surface area (Å²) in [6, 6.07) is 0.138. The Kier molecular flexibility index (Phi) is 4.65. The zero-order valence-corrected chi connectivity index (χ0v) is 11.5. The molecule has 1 rings (SSSR count). The standard InChI is InChI=1S/C11H21N3OS/c1-7-6-8(2)16-11(12-7)13-9(3)10(15)14(4)5/h7-9H,6H2,1-5H3,(H,12,13). The van der Waals surface area contributed by atoms with E-state index in [9.17, 15) is 4.79 Å². The second-order valence-corrected chi connectivity index (χ2v) is 5.97. The van der Waals surface area contributed by atoms with Crippen LogP contribution in [0.15, 0.2) is 4.99 Å². The minimum Gasteiger partial charge on any atom is -0.353 e. The highest BCUT2D eigenvalue weighted by Gasteiger charge is 2.22. The zero-order chi connectivity index (χ0) is 12.3. The fraction of sp³-hybridized carbons (Fsp3) is 0.818. The van der Waals surface area contributed by atoms with E-state index in [0.717, 1.165) is 11.6 Å². The Morgan fingerprint density at radius 2 is 2.19 bits per heavy atom. The van der Waals surface area contributed by atoms with E-state index in [4.69, 9.17) is 0 Å². The summed E-state index contributed by atoms with van der Waals surface area (Å²) in [7, 11) is 3.53. The number of thioether (sulfide) groups is 1. The Morgan fingerprint density at radius 3 is 2.69 bits per heavy atom. The Labute approximate surface area is 102 Å². The molecule has 16 heavy (non-hydrogen) atoms. The summed E-state index contributed by atoms with van der Waals surface area (Å²) in [6.45, 7) is 6.17. The maximum absolute atomic E-state index is 11.7. The minimum atomic E-state index is -0.209. The molecule has 0 saturated carbocycles. The fourth-order valence-corrected chi connectivity index (χ4v) is 2.95. The highest BCUT2D eigenvalue weighted by Crippen LogP contribution is 2.24. The molecule has 1 aliphatic heterocycles. The normalized spacial score (nSPS) is 26.9. The molecular weight excluding hydrogens is 222 g/mol. The van der Waals surface area contributed by atoms with Gasteiger partial charge in [-0.15, -0.1) is 0 Å². The van der Waals surface area contributed by atoms with Crippen molar-refractivity contribution in [1.82, 2.24) is 10.2 Å². The van der Waals surface area contributed by atoms with Crippen LogP contribution in [-0.4, -0.2) is 47.4 Å². The van der Waals surface area contributed by atoms with Crippen LogP contribution in [0, 0.1) is 0 Å². The number of hydrogen-bond donors (Lipinski definition) is 1. The van der Waals surface area contributed by atoms with Crippen LogP contribution in [0.3, 0.4) is 0 Å². The largest absolute Gasteiger partial charge is 0.353 e. The number of carbonyl (C=O) groups excluding carboxylic acids is 1. The van der Waals surface area contributed by atoms with Gasteiger partial charge >= 0.3 is 0 Å². The summed E-state index contributed by atoms with van der Waals surface area (Å²) < 4.78 is 0. The molecule has 1 aliphatic rings. The molecule has 1 amide bonds. The van der Waals surface area contributed by atoms with Gasteiger partial charge in [0.25, 0.3) is 0 Å². The SMILES string of the molecule is CC1CC(C)SC(NC(C)C(=O)N(C)C)=N1. The molecule has 1 N–H and O–H groups in total. The summed E-state index contributed by atoms with van der Waals surface area (Å²) in [5, 5.41) is 4.65. The number of aliphatic imine (C=N–C) groups is 1. The lowest BCUT2D eigenvalue weighted by Crippen LogP contribution is -2.44. The van der Waals surface area contributed by atoms with Crippen LogP contribution in [0.25, 0.3) is 0 Å². The molecular formula is C11H21N3OS. The lowest BCUT2D eigenvalue weighted by molar-refractivity contribution is -0.130. The third-order valence-corrected chi connectivity index (χ3v) is 3.52. The van der Waals surface area contributed by atoms with E-state index < -0.39 is 0 Å². The molecule has 0 saturated heterocycles. The van der Waals surface area contributed by atoms with Gasteiger partial charge in [-0.3, -0.25) is 9.79 Å². The molecule has 0 spiro atoms. The topological polar surface area (TPSA) is 44.7 Å². The summed E-state index contributed by atoms with van der Waals surface area (Å²) >= 11 is 1.72. The van der Waals surface area contributed by atoms with Gasteiger partial charge in [0.15, 0.2) is 5.17 Å². The van der Waals surface area contributed by atoms with Crippen LogP contribution in [0.1, 0.15) is 27.2 Å². The first-order valence-electron chi connectivity index (χ1n) is 5.62. The molecule has 3 unspecified atom stereocenters. The van der Waals surface area contributed by atoms with E-state index in [-0.39, 0.29) is 11.9 Å². The Balaban J connectivity index is 2.57. The average molecular weight is 243 g/mol. The molecule has 0 aromatic heterocycles. The molecule has 0 aromatic rings. The fourth-order valence-electron chi connectivity index (χ4n) is 1.71. The van der Waals surface area contributed by atoms with Gasteiger partial charge in [0.05, 0.1) is 6.04 Å². The van der Waals surface area contributed by atoms with Gasteiger partial charge in [-0.05, 0) is 20.3 Å². The Bertz CT molecular complexity index is 291. The second kappa shape index (κ2) is 5.57. The number of carbonyl (C=O) groups is 1. The summed E-state index contributed by atoms with van der Waals surface area (Å²) in [4.78, 5) is 17.8. The van der Waals surface area contributed by atoms with Crippen LogP contribution in [-0.2, 0) is 4.79 Å². The van der Waals surface area contributed by atoms with Crippen molar-refractivity contribution in [3.8, 4) is 0 Å². The molecule has 1 heterocycles. The number of likely N-dealkylation sites (N-methyl/N-ethyl adjacent to an activating group) is 1. The third kappa shape index (κ3) is 3.70. The van der Waals surface area contributed by atoms with E-state index in [1.54, 1.807) is 30.8 Å². The third-order valence-electron chi connectivity index (χ3n) is 2.47. The molecule has 92 valence electrons. The quantitative estimate of drug-likeness (QED) is 0.795. The lowest BCUT2D eigenvalue weighted by atomic mass is 10.2. The number of nitrogens with one attached hydrogen (secondary N) is 1.